The standard InChI is InChI=1S/C16H24FNO2/c1-11(2)9-16(15(19)20,10-12(3)4)18-14-7-5-13(17)6-8-14/h5-8,11-12,18H,9-10H2,1-4H3,(H,19,20). The third kappa shape index (κ3) is 4.51. The first kappa shape index (κ1) is 16.5. The maximum Gasteiger partial charge on any atom is 0.329 e. The van der Waals surface area contributed by atoms with Crippen LogP contribution in [-0.4, -0.2) is 16.6 Å². The van der Waals surface area contributed by atoms with Crippen LogP contribution in [0.4, 0.5) is 10.1 Å². The minimum atomic E-state index is -1.01. The Morgan fingerprint density at radius 3 is 1.95 bits per heavy atom. The van der Waals surface area contributed by atoms with Crippen LogP contribution >= 0.6 is 0 Å². The van der Waals surface area contributed by atoms with Gasteiger partial charge in [0.25, 0.3) is 0 Å². The number of carboxylic acids is 1. The number of rotatable bonds is 7. The maximum atomic E-state index is 13.0. The van der Waals surface area contributed by atoms with Gasteiger partial charge in [0.1, 0.15) is 11.4 Å². The lowest BCUT2D eigenvalue weighted by molar-refractivity contribution is -0.143. The van der Waals surface area contributed by atoms with Crippen LogP contribution < -0.4 is 5.32 Å². The van der Waals surface area contributed by atoms with E-state index in [9.17, 15) is 14.3 Å². The zero-order valence-electron chi connectivity index (χ0n) is 12.6. The van der Waals surface area contributed by atoms with Crippen molar-refractivity contribution in [2.24, 2.45) is 11.8 Å². The third-order valence-corrected chi connectivity index (χ3v) is 3.15. The molecule has 2 N–H and O–H groups in total. The normalized spacial score (nSPS) is 11.9. The van der Waals surface area contributed by atoms with Gasteiger partial charge in [0.2, 0.25) is 0 Å². The molecule has 0 amide bonds. The number of anilines is 1. The molecule has 0 atom stereocenters. The molecule has 1 rings (SSSR count). The molecule has 3 nitrogen and oxygen atoms in total. The lowest BCUT2D eigenvalue weighted by atomic mass is 9.81. The molecular formula is C16H24FNO2. The molecule has 1 aromatic rings. The summed E-state index contributed by atoms with van der Waals surface area (Å²) in [7, 11) is 0. The van der Waals surface area contributed by atoms with Crippen molar-refractivity contribution in [3.8, 4) is 0 Å². The van der Waals surface area contributed by atoms with E-state index in [1.165, 1.54) is 12.1 Å². The fourth-order valence-corrected chi connectivity index (χ4v) is 2.62. The fraction of sp³-hybridized carbons (Fsp3) is 0.562. The van der Waals surface area contributed by atoms with Gasteiger partial charge in [-0.1, -0.05) is 27.7 Å². The fourth-order valence-electron chi connectivity index (χ4n) is 2.62. The van der Waals surface area contributed by atoms with Crippen molar-refractivity contribution in [3.63, 3.8) is 0 Å². The van der Waals surface area contributed by atoms with Crippen LogP contribution in [0.3, 0.4) is 0 Å². The van der Waals surface area contributed by atoms with Gasteiger partial charge in [0.05, 0.1) is 0 Å². The van der Waals surface area contributed by atoms with E-state index in [1.807, 2.05) is 27.7 Å². The summed E-state index contributed by atoms with van der Waals surface area (Å²) in [5.41, 5.74) is -0.379. The van der Waals surface area contributed by atoms with E-state index in [0.29, 0.717) is 18.5 Å². The predicted octanol–water partition coefficient (Wildman–Crippen LogP) is 4.15. The summed E-state index contributed by atoms with van der Waals surface area (Å²) in [4.78, 5) is 11.8. The van der Waals surface area contributed by atoms with E-state index in [0.717, 1.165) is 0 Å². The number of halogens is 1. The molecule has 112 valence electrons. The van der Waals surface area contributed by atoms with Gasteiger partial charge < -0.3 is 10.4 Å². The Morgan fingerprint density at radius 2 is 1.60 bits per heavy atom. The molecule has 0 aliphatic heterocycles. The van der Waals surface area contributed by atoms with E-state index in [2.05, 4.69) is 5.32 Å². The van der Waals surface area contributed by atoms with E-state index in [1.54, 1.807) is 12.1 Å². The summed E-state index contributed by atoms with van der Waals surface area (Å²) in [6.07, 6.45) is 1.05. The second-order valence-electron chi connectivity index (χ2n) is 6.22. The van der Waals surface area contributed by atoms with Crippen LogP contribution in [-0.2, 0) is 4.79 Å². The molecule has 20 heavy (non-hydrogen) atoms. The monoisotopic (exact) mass is 281 g/mol. The van der Waals surface area contributed by atoms with E-state index >= 15 is 0 Å². The summed E-state index contributed by atoms with van der Waals surface area (Å²) in [6.45, 7) is 8.02. The van der Waals surface area contributed by atoms with E-state index in [4.69, 9.17) is 0 Å². The first-order chi connectivity index (χ1) is 9.25. The van der Waals surface area contributed by atoms with Crippen molar-refractivity contribution in [2.45, 2.75) is 46.1 Å². The summed E-state index contributed by atoms with van der Waals surface area (Å²) in [5, 5.41) is 12.8. The molecule has 0 aliphatic rings. The highest BCUT2D eigenvalue weighted by Crippen LogP contribution is 2.30. The molecule has 0 saturated carbocycles. The number of aliphatic carboxylic acids is 1. The second-order valence-corrected chi connectivity index (χ2v) is 6.22. The minimum Gasteiger partial charge on any atom is -0.480 e. The minimum absolute atomic E-state index is 0.248. The average molecular weight is 281 g/mol. The molecule has 1 aromatic carbocycles. The zero-order valence-corrected chi connectivity index (χ0v) is 12.6. The van der Waals surface area contributed by atoms with Crippen LogP contribution in [0.25, 0.3) is 0 Å². The Morgan fingerprint density at radius 1 is 1.15 bits per heavy atom. The molecule has 0 aromatic heterocycles. The smallest absolute Gasteiger partial charge is 0.329 e. The van der Waals surface area contributed by atoms with Crippen molar-refractivity contribution >= 4 is 11.7 Å². The highest BCUT2D eigenvalue weighted by molar-refractivity contribution is 5.82. The number of nitrogens with one attached hydrogen (secondary N) is 1. The Bertz CT molecular complexity index is 430. The van der Waals surface area contributed by atoms with E-state index < -0.39 is 11.5 Å². The molecular weight excluding hydrogens is 257 g/mol. The lowest BCUT2D eigenvalue weighted by Crippen LogP contribution is -2.48. The summed E-state index contributed by atoms with van der Waals surface area (Å²) < 4.78 is 13.0. The summed E-state index contributed by atoms with van der Waals surface area (Å²) >= 11 is 0. The first-order valence-electron chi connectivity index (χ1n) is 7.02. The van der Waals surface area contributed by atoms with Gasteiger partial charge in [-0.05, 0) is 48.9 Å². The topological polar surface area (TPSA) is 49.3 Å². The van der Waals surface area contributed by atoms with E-state index in [-0.39, 0.29) is 17.7 Å². The van der Waals surface area contributed by atoms with Crippen molar-refractivity contribution in [1.29, 1.82) is 0 Å². The summed E-state index contributed by atoms with van der Waals surface area (Å²) in [6, 6.07) is 5.82. The Labute approximate surface area is 120 Å². The van der Waals surface area contributed by atoms with Gasteiger partial charge in [0, 0.05) is 5.69 Å². The van der Waals surface area contributed by atoms with Crippen molar-refractivity contribution in [1.82, 2.24) is 0 Å². The van der Waals surface area contributed by atoms with Gasteiger partial charge in [-0.25, -0.2) is 9.18 Å². The number of hydrogen-bond acceptors (Lipinski definition) is 2. The zero-order chi connectivity index (χ0) is 15.3. The van der Waals surface area contributed by atoms with Gasteiger partial charge in [-0.15, -0.1) is 0 Å². The Balaban J connectivity index is 3.06. The molecule has 0 fully saturated rings. The van der Waals surface area contributed by atoms with Crippen LogP contribution in [0.2, 0.25) is 0 Å². The van der Waals surface area contributed by atoms with Crippen LogP contribution in [0.1, 0.15) is 40.5 Å². The maximum absolute atomic E-state index is 13.0. The first-order valence-corrected chi connectivity index (χ1v) is 7.02. The molecule has 0 saturated heterocycles. The Hall–Kier alpha value is -1.58. The number of carboxylic acid groups (broad SMARTS) is 1. The van der Waals surface area contributed by atoms with Crippen LogP contribution in [0, 0.1) is 17.7 Å². The quantitative estimate of drug-likeness (QED) is 0.789. The van der Waals surface area contributed by atoms with Gasteiger partial charge in [-0.2, -0.15) is 0 Å². The average Bonchev–Trinajstić information content (AvgIpc) is 2.30. The molecule has 0 heterocycles. The van der Waals surface area contributed by atoms with Gasteiger partial charge in [0.15, 0.2) is 0 Å². The molecule has 4 heteroatoms. The highest BCUT2D eigenvalue weighted by atomic mass is 19.1. The second kappa shape index (κ2) is 6.73. The molecule has 0 bridgehead atoms. The molecule has 0 unspecified atom stereocenters. The molecule has 0 radical (unpaired) electrons. The Kier molecular flexibility index (Phi) is 5.54. The molecule has 0 aliphatic carbocycles. The summed E-state index contributed by atoms with van der Waals surface area (Å²) in [5.74, 6) is -0.691. The largest absolute Gasteiger partial charge is 0.480 e. The van der Waals surface area contributed by atoms with Crippen molar-refractivity contribution < 1.29 is 14.3 Å². The van der Waals surface area contributed by atoms with Crippen LogP contribution in [0.15, 0.2) is 24.3 Å². The lowest BCUT2D eigenvalue weighted by Gasteiger charge is -2.34. The third-order valence-electron chi connectivity index (χ3n) is 3.15. The van der Waals surface area contributed by atoms with Crippen LogP contribution in [0.5, 0.6) is 0 Å². The predicted molar refractivity (Wildman–Crippen MR) is 79.3 cm³/mol. The molecule has 0 spiro atoms. The van der Waals surface area contributed by atoms with Crippen molar-refractivity contribution in [2.75, 3.05) is 5.32 Å². The van der Waals surface area contributed by atoms with Crippen molar-refractivity contribution in [3.05, 3.63) is 30.1 Å². The van der Waals surface area contributed by atoms with Gasteiger partial charge >= 0.3 is 5.97 Å². The highest BCUT2D eigenvalue weighted by Gasteiger charge is 2.39. The number of benzene rings is 1. The SMILES string of the molecule is CC(C)CC(CC(C)C)(Nc1ccc(F)cc1)C(=O)O. The number of carbonyl (C=O) groups is 1. The number of hydrogen-bond donors (Lipinski definition) is 2. The van der Waals surface area contributed by atoms with Gasteiger partial charge in [-0.3, -0.25) is 0 Å².